The van der Waals surface area contributed by atoms with Crippen molar-refractivity contribution in [1.29, 1.82) is 0 Å². The Morgan fingerprint density at radius 2 is 2.00 bits per heavy atom. The predicted octanol–water partition coefficient (Wildman–Crippen LogP) is 2.87. The van der Waals surface area contributed by atoms with E-state index in [1.807, 2.05) is 0 Å². The topological polar surface area (TPSA) is 99.6 Å². The van der Waals surface area contributed by atoms with Gasteiger partial charge in [-0.05, 0) is 54.2 Å². The van der Waals surface area contributed by atoms with E-state index in [9.17, 15) is 4.79 Å². The highest BCUT2D eigenvalue weighted by molar-refractivity contribution is 9.13. The summed E-state index contributed by atoms with van der Waals surface area (Å²) in [5, 5.41) is 2.87. The maximum absolute atomic E-state index is 12.1. The van der Waals surface area contributed by atoms with E-state index in [2.05, 4.69) is 68.1 Å². The number of nitrogen functional groups attached to an aromatic ring is 1. The second kappa shape index (κ2) is 5.19. The summed E-state index contributed by atoms with van der Waals surface area (Å²) in [7, 11) is 0. The third-order valence-electron chi connectivity index (χ3n) is 3.28. The second-order valence-corrected chi connectivity index (χ2v) is 6.80. The monoisotopic (exact) mass is 465 g/mol. The molecule has 1 aliphatic rings. The molecule has 20 heavy (non-hydrogen) atoms. The van der Waals surface area contributed by atoms with Crippen molar-refractivity contribution in [3.05, 3.63) is 30.6 Å². The van der Waals surface area contributed by atoms with Crippen LogP contribution in [0, 0.1) is 0 Å². The Kier molecular flexibility index (Phi) is 3.67. The van der Waals surface area contributed by atoms with Crippen molar-refractivity contribution < 1.29 is 4.79 Å². The summed E-state index contributed by atoms with van der Waals surface area (Å²) >= 11 is 10.3. The van der Waals surface area contributed by atoms with E-state index in [1.54, 1.807) is 0 Å². The Bertz CT molecular complexity index is 693. The largest absolute Gasteiger partial charge is 0.369 e. The van der Waals surface area contributed by atoms with Crippen molar-refractivity contribution >= 4 is 59.6 Å². The number of nitrogens with two attached hydrogens (primary N) is 1. The van der Waals surface area contributed by atoms with Crippen LogP contribution in [0.1, 0.15) is 34.1 Å². The van der Waals surface area contributed by atoms with Gasteiger partial charge in [0.1, 0.15) is 10.3 Å². The highest BCUT2D eigenvalue weighted by atomic mass is 79.9. The smallest absolute Gasteiger partial charge is 0.268 e. The number of aromatic nitrogens is 3. The van der Waals surface area contributed by atoms with Crippen LogP contribution in [0.3, 0.4) is 0 Å². The molecular formula is C11H10Br3N5O. The lowest BCUT2D eigenvalue weighted by Gasteiger charge is -2.14. The normalized spacial score (nSPS) is 18.6. The van der Waals surface area contributed by atoms with Crippen LogP contribution < -0.4 is 11.1 Å². The van der Waals surface area contributed by atoms with Gasteiger partial charge in [-0.2, -0.15) is 0 Å². The van der Waals surface area contributed by atoms with Crippen LogP contribution >= 0.6 is 47.8 Å². The molecular weight excluding hydrogens is 458 g/mol. The first-order valence-corrected chi connectivity index (χ1v) is 8.23. The first-order valence-electron chi connectivity index (χ1n) is 5.85. The van der Waals surface area contributed by atoms with Crippen molar-refractivity contribution in [1.82, 2.24) is 20.3 Å². The van der Waals surface area contributed by atoms with Crippen molar-refractivity contribution in [2.75, 3.05) is 12.3 Å². The fourth-order valence-corrected chi connectivity index (χ4v) is 3.98. The molecule has 0 spiro atoms. The van der Waals surface area contributed by atoms with E-state index in [1.165, 1.54) is 0 Å². The molecule has 0 fully saturated rings. The Balaban J connectivity index is 2.20. The van der Waals surface area contributed by atoms with Crippen LogP contribution in [0.5, 0.6) is 0 Å². The summed E-state index contributed by atoms with van der Waals surface area (Å²) in [6, 6.07) is 0. The zero-order valence-corrected chi connectivity index (χ0v) is 14.8. The van der Waals surface area contributed by atoms with E-state index in [-0.39, 0.29) is 11.8 Å². The highest BCUT2D eigenvalue weighted by Crippen LogP contribution is 2.41. The molecule has 0 saturated heterocycles. The van der Waals surface area contributed by atoms with Gasteiger partial charge >= 0.3 is 0 Å². The van der Waals surface area contributed by atoms with Gasteiger partial charge in [-0.1, -0.05) is 0 Å². The molecule has 0 aliphatic carbocycles. The standard InChI is InChI=1S/C11H10Br3N5O/c12-5-4-3(6-9(14)19-11(15)18-6)1-2-16-10(20)7(4)17-8(5)13/h3,17H,1-2H2,(H,16,20)(H3,15,18,19)/t3-/m1/s1. The van der Waals surface area contributed by atoms with Gasteiger partial charge in [-0.15, -0.1) is 0 Å². The maximum atomic E-state index is 12.1. The van der Waals surface area contributed by atoms with Gasteiger partial charge in [0, 0.05) is 18.0 Å². The summed E-state index contributed by atoms with van der Waals surface area (Å²) in [6.07, 6.45) is 0.752. The number of fused-ring (bicyclic) bond motifs is 1. The molecule has 0 saturated carbocycles. The van der Waals surface area contributed by atoms with E-state index < -0.39 is 0 Å². The zero-order valence-electron chi connectivity index (χ0n) is 10.1. The molecule has 1 amide bonds. The molecule has 106 valence electrons. The molecule has 1 atom stereocenters. The van der Waals surface area contributed by atoms with Gasteiger partial charge in [-0.3, -0.25) is 4.79 Å². The van der Waals surface area contributed by atoms with Gasteiger partial charge in [-0.25, -0.2) is 4.98 Å². The number of halogens is 3. The predicted molar refractivity (Wildman–Crippen MR) is 85.7 cm³/mol. The van der Waals surface area contributed by atoms with E-state index in [0.717, 1.165) is 26.8 Å². The molecule has 9 heteroatoms. The fourth-order valence-electron chi connectivity index (χ4n) is 2.43. The minimum absolute atomic E-state index is 0.0138. The molecule has 6 nitrogen and oxygen atoms in total. The van der Waals surface area contributed by atoms with Crippen LogP contribution in [0.2, 0.25) is 0 Å². The molecule has 0 bridgehead atoms. The SMILES string of the molecule is Nc1nc(Br)c([C@@H]2CCNC(=O)c3[nH]c(Br)c(Br)c32)[nH]1. The second-order valence-electron chi connectivity index (χ2n) is 4.47. The van der Waals surface area contributed by atoms with Crippen molar-refractivity contribution in [3.8, 4) is 0 Å². The third kappa shape index (κ3) is 2.21. The van der Waals surface area contributed by atoms with Gasteiger partial charge in [0.25, 0.3) is 5.91 Å². The number of amides is 1. The fraction of sp³-hybridized carbons (Fsp3) is 0.273. The Hall–Kier alpha value is -0.800. The molecule has 0 aromatic carbocycles. The molecule has 3 heterocycles. The van der Waals surface area contributed by atoms with Crippen LogP contribution in [-0.4, -0.2) is 27.4 Å². The molecule has 5 N–H and O–H groups in total. The van der Waals surface area contributed by atoms with Crippen LogP contribution in [0.25, 0.3) is 0 Å². The first kappa shape index (κ1) is 14.2. The number of rotatable bonds is 1. The van der Waals surface area contributed by atoms with Gasteiger partial charge in [0.05, 0.1) is 14.8 Å². The zero-order chi connectivity index (χ0) is 14.4. The van der Waals surface area contributed by atoms with Gasteiger partial charge in [0.2, 0.25) is 0 Å². The van der Waals surface area contributed by atoms with Crippen molar-refractivity contribution in [2.24, 2.45) is 0 Å². The first-order chi connectivity index (χ1) is 9.49. The summed E-state index contributed by atoms with van der Waals surface area (Å²) in [5.41, 5.74) is 8.02. The lowest BCUT2D eigenvalue weighted by molar-refractivity contribution is 0.0951. The average molecular weight is 468 g/mol. The highest BCUT2D eigenvalue weighted by Gasteiger charge is 2.32. The maximum Gasteiger partial charge on any atom is 0.268 e. The van der Waals surface area contributed by atoms with Crippen molar-refractivity contribution in [2.45, 2.75) is 12.3 Å². The number of aromatic amines is 2. The number of anilines is 1. The minimum Gasteiger partial charge on any atom is -0.369 e. The number of nitrogens with zero attached hydrogens (tertiary/aromatic N) is 1. The number of imidazole rings is 1. The molecule has 0 unspecified atom stereocenters. The van der Waals surface area contributed by atoms with Gasteiger partial charge in [0.15, 0.2) is 5.95 Å². The number of hydrogen-bond donors (Lipinski definition) is 4. The lowest BCUT2D eigenvalue weighted by atomic mass is 9.94. The number of nitrogens with one attached hydrogen (secondary N) is 3. The Morgan fingerprint density at radius 1 is 1.25 bits per heavy atom. The molecule has 3 rings (SSSR count). The summed E-state index contributed by atoms with van der Waals surface area (Å²) in [6.45, 7) is 0.585. The summed E-state index contributed by atoms with van der Waals surface area (Å²) < 4.78 is 2.26. The Labute approximate surface area is 139 Å². The number of H-pyrrole nitrogens is 2. The van der Waals surface area contributed by atoms with Crippen molar-refractivity contribution in [3.63, 3.8) is 0 Å². The number of hydrogen-bond acceptors (Lipinski definition) is 3. The minimum atomic E-state index is -0.113. The van der Waals surface area contributed by atoms with Crippen LogP contribution in [0.4, 0.5) is 5.95 Å². The average Bonchev–Trinajstić information content (AvgIpc) is 2.81. The van der Waals surface area contributed by atoms with Crippen LogP contribution in [0.15, 0.2) is 13.7 Å². The van der Waals surface area contributed by atoms with Gasteiger partial charge < -0.3 is 21.0 Å². The quantitative estimate of drug-likeness (QED) is 0.519. The third-order valence-corrected chi connectivity index (χ3v) is 5.83. The Morgan fingerprint density at radius 3 is 2.65 bits per heavy atom. The summed E-state index contributed by atoms with van der Waals surface area (Å²) in [5.74, 6) is 0.222. The van der Waals surface area contributed by atoms with E-state index >= 15 is 0 Å². The number of carbonyl (C=O) groups excluding carboxylic acids is 1. The lowest BCUT2D eigenvalue weighted by Crippen LogP contribution is -2.23. The van der Waals surface area contributed by atoms with Crippen LogP contribution in [-0.2, 0) is 0 Å². The summed E-state index contributed by atoms with van der Waals surface area (Å²) in [4.78, 5) is 22.4. The van der Waals surface area contributed by atoms with E-state index in [0.29, 0.717) is 22.8 Å². The molecule has 2 aromatic heterocycles. The molecule has 0 radical (unpaired) electrons. The van der Waals surface area contributed by atoms with E-state index in [4.69, 9.17) is 5.73 Å². The molecule has 1 aliphatic heterocycles. The number of carbonyl (C=O) groups is 1. The molecule has 2 aromatic rings.